The molecule has 5 nitrogen and oxygen atoms in total. The van der Waals surface area contributed by atoms with Crippen LogP contribution in [0, 0.1) is 17.3 Å². The predicted octanol–water partition coefficient (Wildman–Crippen LogP) is 3.42. The third-order valence-electron chi connectivity index (χ3n) is 6.51. The zero-order chi connectivity index (χ0) is 19.2. The first-order valence-corrected chi connectivity index (χ1v) is 10.3. The van der Waals surface area contributed by atoms with Gasteiger partial charge in [0, 0.05) is 36.1 Å². The standard InChI is InChI=1S/C22H31N3O2/c1-4-18(12-26)21(27)24-13-22(14-24)9-17(10-22)7-16-5-6-19-11-25(15(2)3)23-20(19)8-16/h5-6,8,11,15,17-18,26H,4,7,9-10,12-14H2,1-3H3/t18-/m1/s1. The van der Waals surface area contributed by atoms with E-state index in [1.807, 2.05) is 16.5 Å². The number of aromatic nitrogens is 2. The molecule has 146 valence electrons. The van der Waals surface area contributed by atoms with Gasteiger partial charge < -0.3 is 10.0 Å². The molecule has 1 aliphatic heterocycles. The van der Waals surface area contributed by atoms with Crippen molar-refractivity contribution in [2.45, 2.75) is 52.5 Å². The number of aliphatic hydroxyl groups is 1. The highest BCUT2D eigenvalue weighted by molar-refractivity contribution is 5.80. The van der Waals surface area contributed by atoms with E-state index in [-0.39, 0.29) is 18.4 Å². The Labute approximate surface area is 161 Å². The van der Waals surface area contributed by atoms with Crippen LogP contribution in [0.5, 0.6) is 0 Å². The average molecular weight is 370 g/mol. The summed E-state index contributed by atoms with van der Waals surface area (Å²) in [6.45, 7) is 8.01. The topological polar surface area (TPSA) is 58.4 Å². The highest BCUT2D eigenvalue weighted by atomic mass is 16.3. The highest BCUT2D eigenvalue weighted by Crippen LogP contribution is 2.53. The maximum absolute atomic E-state index is 12.3. The van der Waals surface area contributed by atoms with Crippen molar-refractivity contribution < 1.29 is 9.90 Å². The lowest BCUT2D eigenvalue weighted by Crippen LogP contribution is -2.64. The Hall–Kier alpha value is -1.88. The van der Waals surface area contributed by atoms with Crippen LogP contribution in [0.25, 0.3) is 10.9 Å². The fraction of sp³-hybridized carbons (Fsp3) is 0.636. The lowest BCUT2D eigenvalue weighted by molar-refractivity contribution is -0.160. The van der Waals surface area contributed by atoms with Gasteiger partial charge in [0.2, 0.25) is 5.91 Å². The third-order valence-corrected chi connectivity index (χ3v) is 6.51. The summed E-state index contributed by atoms with van der Waals surface area (Å²) in [5.41, 5.74) is 2.82. The van der Waals surface area contributed by atoms with Crippen molar-refractivity contribution in [1.29, 1.82) is 0 Å². The second kappa shape index (κ2) is 6.93. The maximum atomic E-state index is 12.3. The van der Waals surface area contributed by atoms with Crippen molar-refractivity contribution in [1.82, 2.24) is 14.7 Å². The van der Waals surface area contributed by atoms with E-state index in [2.05, 4.69) is 38.2 Å². The molecule has 1 amide bonds. The normalized spacial score (nSPS) is 20.1. The number of benzene rings is 1. The molecule has 0 unspecified atom stereocenters. The molecule has 27 heavy (non-hydrogen) atoms. The Bertz CT molecular complexity index is 823. The fourth-order valence-corrected chi connectivity index (χ4v) is 4.93. The lowest BCUT2D eigenvalue weighted by Gasteiger charge is -2.59. The van der Waals surface area contributed by atoms with E-state index >= 15 is 0 Å². The summed E-state index contributed by atoms with van der Waals surface area (Å²) in [5, 5.41) is 15.2. The largest absolute Gasteiger partial charge is 0.396 e. The Kier molecular flexibility index (Phi) is 4.75. The summed E-state index contributed by atoms with van der Waals surface area (Å²) in [5.74, 6) is 0.641. The number of likely N-dealkylation sites (tertiary alicyclic amines) is 1. The van der Waals surface area contributed by atoms with Gasteiger partial charge in [-0.25, -0.2) is 0 Å². The van der Waals surface area contributed by atoms with Crippen LogP contribution in [0.2, 0.25) is 0 Å². The van der Waals surface area contributed by atoms with Crippen LogP contribution in [0.3, 0.4) is 0 Å². The minimum atomic E-state index is -0.212. The van der Waals surface area contributed by atoms with Gasteiger partial charge in [-0.2, -0.15) is 5.10 Å². The van der Waals surface area contributed by atoms with Gasteiger partial charge in [-0.05, 0) is 57.1 Å². The molecule has 0 radical (unpaired) electrons. The summed E-state index contributed by atoms with van der Waals surface area (Å²) in [6.07, 6.45) is 6.37. The Morgan fingerprint density at radius 1 is 1.33 bits per heavy atom. The molecule has 2 fully saturated rings. The van der Waals surface area contributed by atoms with Crippen LogP contribution in [-0.4, -0.2) is 45.4 Å². The van der Waals surface area contributed by atoms with Gasteiger partial charge in [-0.3, -0.25) is 9.48 Å². The number of hydrogen-bond donors (Lipinski definition) is 1. The molecular formula is C22H31N3O2. The van der Waals surface area contributed by atoms with E-state index in [9.17, 15) is 9.90 Å². The summed E-state index contributed by atoms with van der Waals surface area (Å²) in [6, 6.07) is 7.05. The molecule has 4 rings (SSSR count). The van der Waals surface area contributed by atoms with Crippen LogP contribution in [0.1, 0.15) is 51.6 Å². The molecule has 1 N–H and O–H groups in total. The average Bonchev–Trinajstić information content (AvgIpc) is 3.00. The fourth-order valence-electron chi connectivity index (χ4n) is 4.93. The number of aliphatic hydroxyl groups excluding tert-OH is 1. The van der Waals surface area contributed by atoms with Crippen molar-refractivity contribution in [3.63, 3.8) is 0 Å². The van der Waals surface area contributed by atoms with Gasteiger partial charge in [-0.1, -0.05) is 19.1 Å². The van der Waals surface area contributed by atoms with E-state index in [4.69, 9.17) is 5.10 Å². The van der Waals surface area contributed by atoms with Crippen LogP contribution >= 0.6 is 0 Å². The molecule has 0 bridgehead atoms. The minimum absolute atomic E-state index is 0.0312. The van der Waals surface area contributed by atoms with Gasteiger partial charge in [0.05, 0.1) is 18.0 Å². The number of carbonyl (C=O) groups is 1. The van der Waals surface area contributed by atoms with Crippen LogP contribution < -0.4 is 0 Å². The van der Waals surface area contributed by atoms with Crippen molar-refractivity contribution in [3.05, 3.63) is 30.0 Å². The quantitative estimate of drug-likeness (QED) is 0.849. The van der Waals surface area contributed by atoms with Crippen LogP contribution in [0.4, 0.5) is 0 Å². The monoisotopic (exact) mass is 369 g/mol. The summed E-state index contributed by atoms with van der Waals surface area (Å²) >= 11 is 0. The van der Waals surface area contributed by atoms with Gasteiger partial charge in [-0.15, -0.1) is 0 Å². The second-order valence-corrected chi connectivity index (χ2v) is 9.06. The number of carbonyl (C=O) groups excluding carboxylic acids is 1. The predicted molar refractivity (Wildman–Crippen MR) is 106 cm³/mol. The molecule has 1 aromatic heterocycles. The molecule has 1 saturated heterocycles. The zero-order valence-corrected chi connectivity index (χ0v) is 16.7. The van der Waals surface area contributed by atoms with E-state index in [1.165, 1.54) is 23.8 Å². The highest BCUT2D eigenvalue weighted by Gasteiger charge is 2.53. The summed E-state index contributed by atoms with van der Waals surface area (Å²) < 4.78 is 2.03. The molecule has 1 spiro atoms. The van der Waals surface area contributed by atoms with E-state index < -0.39 is 0 Å². The van der Waals surface area contributed by atoms with E-state index in [0.717, 1.165) is 31.4 Å². The number of amides is 1. The Morgan fingerprint density at radius 3 is 2.70 bits per heavy atom. The number of hydrogen-bond acceptors (Lipinski definition) is 3. The first-order valence-electron chi connectivity index (χ1n) is 10.3. The summed E-state index contributed by atoms with van der Waals surface area (Å²) in [7, 11) is 0. The molecule has 2 aliphatic rings. The van der Waals surface area contributed by atoms with Crippen LogP contribution in [-0.2, 0) is 11.2 Å². The lowest BCUT2D eigenvalue weighted by atomic mass is 9.56. The van der Waals surface area contributed by atoms with Gasteiger partial charge in [0.1, 0.15) is 0 Å². The maximum Gasteiger partial charge on any atom is 0.228 e. The second-order valence-electron chi connectivity index (χ2n) is 9.06. The molecule has 1 aliphatic carbocycles. The number of nitrogens with zero attached hydrogens (tertiary/aromatic N) is 3. The smallest absolute Gasteiger partial charge is 0.228 e. The van der Waals surface area contributed by atoms with E-state index in [0.29, 0.717) is 17.4 Å². The van der Waals surface area contributed by atoms with E-state index in [1.54, 1.807) is 0 Å². The Balaban J connectivity index is 1.31. The Morgan fingerprint density at radius 2 is 2.07 bits per heavy atom. The molecule has 2 aromatic rings. The molecule has 1 saturated carbocycles. The van der Waals surface area contributed by atoms with Gasteiger partial charge >= 0.3 is 0 Å². The first-order chi connectivity index (χ1) is 12.9. The van der Waals surface area contributed by atoms with Gasteiger partial charge in [0.25, 0.3) is 0 Å². The molecule has 1 aromatic carbocycles. The van der Waals surface area contributed by atoms with Crippen molar-refractivity contribution >= 4 is 16.8 Å². The van der Waals surface area contributed by atoms with Crippen molar-refractivity contribution in [2.75, 3.05) is 19.7 Å². The molecule has 2 heterocycles. The third kappa shape index (κ3) is 3.38. The number of fused-ring (bicyclic) bond motifs is 1. The van der Waals surface area contributed by atoms with Crippen LogP contribution in [0.15, 0.2) is 24.4 Å². The summed E-state index contributed by atoms with van der Waals surface area (Å²) in [4.78, 5) is 14.3. The first kappa shape index (κ1) is 18.5. The molecular weight excluding hydrogens is 338 g/mol. The minimum Gasteiger partial charge on any atom is -0.396 e. The molecule has 1 atom stereocenters. The van der Waals surface area contributed by atoms with Crippen molar-refractivity contribution in [3.8, 4) is 0 Å². The SMILES string of the molecule is CC[C@H](CO)C(=O)N1CC2(CC(Cc3ccc4cn(C(C)C)nc4c3)C2)C1. The zero-order valence-electron chi connectivity index (χ0n) is 16.7. The molecule has 5 heteroatoms. The van der Waals surface area contributed by atoms with Crippen molar-refractivity contribution in [2.24, 2.45) is 17.3 Å². The number of rotatable bonds is 6. The van der Waals surface area contributed by atoms with Gasteiger partial charge in [0.15, 0.2) is 0 Å².